The number of piperazine rings is 1. The van der Waals surface area contributed by atoms with E-state index in [9.17, 15) is 4.79 Å². The average Bonchev–Trinajstić information content (AvgIpc) is 2.83. The first-order valence-electron chi connectivity index (χ1n) is 10.5. The van der Waals surface area contributed by atoms with Crippen LogP contribution in [0.3, 0.4) is 0 Å². The maximum Gasteiger partial charge on any atom is 0.245 e. The first kappa shape index (κ1) is 19.5. The van der Waals surface area contributed by atoms with Crippen molar-refractivity contribution >= 4 is 23.0 Å². The lowest BCUT2D eigenvalue weighted by Crippen LogP contribution is -2.50. The minimum absolute atomic E-state index is 0.0499. The molecule has 0 bridgehead atoms. The molecule has 6 nitrogen and oxygen atoms in total. The third-order valence-electron chi connectivity index (χ3n) is 5.84. The minimum atomic E-state index is 0.0499. The molecular weight excluding hydrogens is 390 g/mol. The highest BCUT2D eigenvalue weighted by atomic mass is 16.5. The Kier molecular flexibility index (Phi) is 5.22. The van der Waals surface area contributed by atoms with Crippen molar-refractivity contribution in [2.75, 3.05) is 49.6 Å². The maximum atomic E-state index is 13.4. The van der Waals surface area contributed by atoms with Crippen LogP contribution in [0.15, 0.2) is 72.8 Å². The van der Waals surface area contributed by atoms with Crippen LogP contribution >= 0.6 is 0 Å². The summed E-state index contributed by atoms with van der Waals surface area (Å²) >= 11 is 0. The molecule has 1 amide bonds. The standard InChI is InChI=1S/C25H25N3O3/c1-30-22-11-5-2-8-19(22)27-16-14-26(15-17-27)18-25(29)28-20-9-3-6-12-23(20)31-24-13-7-4-10-21(24)28/h2-13H,14-18H2,1H3. The Morgan fingerprint density at radius 2 is 1.35 bits per heavy atom. The van der Waals surface area contributed by atoms with Crippen LogP contribution in [0.1, 0.15) is 0 Å². The number of methoxy groups -OCH3 is 1. The Hall–Kier alpha value is -3.51. The smallest absolute Gasteiger partial charge is 0.245 e. The third-order valence-corrected chi connectivity index (χ3v) is 5.84. The number of fused-ring (bicyclic) bond motifs is 2. The Morgan fingerprint density at radius 1 is 0.806 bits per heavy atom. The van der Waals surface area contributed by atoms with Gasteiger partial charge in [0.05, 0.1) is 30.7 Å². The molecule has 0 aliphatic carbocycles. The molecule has 1 saturated heterocycles. The van der Waals surface area contributed by atoms with Gasteiger partial charge in [0, 0.05) is 26.2 Å². The van der Waals surface area contributed by atoms with Crippen molar-refractivity contribution in [1.82, 2.24) is 4.90 Å². The summed E-state index contributed by atoms with van der Waals surface area (Å²) in [6.07, 6.45) is 0. The number of carbonyl (C=O) groups is 1. The lowest BCUT2D eigenvalue weighted by atomic mass is 10.1. The normalized spacial score (nSPS) is 15.6. The maximum absolute atomic E-state index is 13.4. The SMILES string of the molecule is COc1ccccc1N1CCN(CC(=O)N2c3ccccc3Oc3ccccc32)CC1. The Morgan fingerprint density at radius 3 is 1.97 bits per heavy atom. The van der Waals surface area contributed by atoms with Crippen molar-refractivity contribution in [3.8, 4) is 17.2 Å². The van der Waals surface area contributed by atoms with Gasteiger partial charge in [-0.05, 0) is 36.4 Å². The molecule has 6 heteroatoms. The molecule has 158 valence electrons. The number of hydrogen-bond donors (Lipinski definition) is 0. The van der Waals surface area contributed by atoms with Crippen LogP contribution in [0, 0.1) is 0 Å². The van der Waals surface area contributed by atoms with Gasteiger partial charge in [0.2, 0.25) is 5.91 Å². The summed E-state index contributed by atoms with van der Waals surface area (Å²) in [6.45, 7) is 3.70. The largest absolute Gasteiger partial charge is 0.495 e. The van der Waals surface area contributed by atoms with Gasteiger partial charge in [-0.15, -0.1) is 0 Å². The summed E-state index contributed by atoms with van der Waals surface area (Å²) in [5.41, 5.74) is 2.68. The van der Waals surface area contributed by atoms with Crippen molar-refractivity contribution in [1.29, 1.82) is 0 Å². The Balaban J connectivity index is 1.31. The van der Waals surface area contributed by atoms with E-state index in [1.165, 1.54) is 0 Å². The number of rotatable bonds is 4. The second-order valence-electron chi connectivity index (χ2n) is 7.70. The van der Waals surface area contributed by atoms with Crippen molar-refractivity contribution in [3.63, 3.8) is 0 Å². The van der Waals surface area contributed by atoms with E-state index in [2.05, 4.69) is 15.9 Å². The summed E-state index contributed by atoms with van der Waals surface area (Å²) in [7, 11) is 1.70. The number of ether oxygens (including phenoxy) is 2. The number of hydrogen-bond acceptors (Lipinski definition) is 5. The zero-order chi connectivity index (χ0) is 21.2. The highest BCUT2D eigenvalue weighted by Gasteiger charge is 2.30. The van der Waals surface area contributed by atoms with E-state index >= 15 is 0 Å². The lowest BCUT2D eigenvalue weighted by Gasteiger charge is -2.37. The molecule has 2 heterocycles. The monoisotopic (exact) mass is 415 g/mol. The van der Waals surface area contributed by atoms with E-state index in [1.807, 2.05) is 66.7 Å². The van der Waals surface area contributed by atoms with Gasteiger partial charge in [0.15, 0.2) is 11.5 Å². The molecular formula is C25H25N3O3. The highest BCUT2D eigenvalue weighted by Crippen LogP contribution is 2.46. The first-order valence-corrected chi connectivity index (χ1v) is 10.5. The van der Waals surface area contributed by atoms with E-state index in [-0.39, 0.29) is 5.91 Å². The van der Waals surface area contributed by atoms with Crippen LogP contribution in [0.5, 0.6) is 17.2 Å². The number of benzene rings is 3. The molecule has 0 atom stereocenters. The van der Waals surface area contributed by atoms with Crippen LogP contribution < -0.4 is 19.3 Å². The van der Waals surface area contributed by atoms with Gasteiger partial charge in [0.1, 0.15) is 5.75 Å². The molecule has 0 aromatic heterocycles. The fraction of sp³-hybridized carbons (Fsp3) is 0.240. The first-order chi connectivity index (χ1) is 15.2. The molecule has 0 unspecified atom stereocenters. The molecule has 5 rings (SSSR count). The van der Waals surface area contributed by atoms with E-state index in [0.717, 1.165) is 49.0 Å². The van der Waals surface area contributed by atoms with Gasteiger partial charge in [-0.1, -0.05) is 36.4 Å². The quantitative estimate of drug-likeness (QED) is 0.636. The van der Waals surface area contributed by atoms with Crippen molar-refractivity contribution in [3.05, 3.63) is 72.8 Å². The number of anilines is 3. The molecule has 1 fully saturated rings. The number of amides is 1. The van der Waals surface area contributed by atoms with Crippen LogP contribution in [0.4, 0.5) is 17.1 Å². The Labute approximate surface area is 182 Å². The fourth-order valence-corrected chi connectivity index (χ4v) is 4.27. The van der Waals surface area contributed by atoms with Gasteiger partial charge in [-0.3, -0.25) is 14.6 Å². The van der Waals surface area contributed by atoms with Crippen LogP contribution in [0.2, 0.25) is 0 Å². The third kappa shape index (κ3) is 3.70. The topological polar surface area (TPSA) is 45.2 Å². The van der Waals surface area contributed by atoms with E-state index in [4.69, 9.17) is 9.47 Å². The summed E-state index contributed by atoms with van der Waals surface area (Å²) in [6, 6.07) is 23.5. The molecule has 2 aliphatic heterocycles. The molecule has 0 spiro atoms. The van der Waals surface area contributed by atoms with Gasteiger partial charge in [0.25, 0.3) is 0 Å². The van der Waals surface area contributed by atoms with Crippen LogP contribution in [-0.4, -0.2) is 50.6 Å². The average molecular weight is 415 g/mol. The van der Waals surface area contributed by atoms with Gasteiger partial charge >= 0.3 is 0 Å². The number of nitrogens with zero attached hydrogens (tertiary/aromatic N) is 3. The van der Waals surface area contributed by atoms with Crippen molar-refractivity contribution < 1.29 is 14.3 Å². The van der Waals surface area contributed by atoms with E-state index < -0.39 is 0 Å². The van der Waals surface area contributed by atoms with Gasteiger partial charge < -0.3 is 14.4 Å². The van der Waals surface area contributed by atoms with Crippen molar-refractivity contribution in [2.24, 2.45) is 0 Å². The summed E-state index contributed by atoms with van der Waals surface area (Å²) < 4.78 is 11.5. The lowest BCUT2D eigenvalue weighted by molar-refractivity contribution is -0.119. The Bertz CT molecular complexity index is 1050. The molecule has 3 aromatic rings. The van der Waals surface area contributed by atoms with Crippen LogP contribution in [0.25, 0.3) is 0 Å². The van der Waals surface area contributed by atoms with Gasteiger partial charge in [-0.2, -0.15) is 0 Å². The summed E-state index contributed by atoms with van der Waals surface area (Å²) in [5.74, 6) is 2.34. The number of para-hydroxylation sites is 6. The molecule has 0 N–H and O–H groups in total. The second-order valence-corrected chi connectivity index (χ2v) is 7.70. The number of carbonyl (C=O) groups excluding carboxylic acids is 1. The fourth-order valence-electron chi connectivity index (χ4n) is 4.27. The zero-order valence-electron chi connectivity index (χ0n) is 17.5. The molecule has 3 aromatic carbocycles. The minimum Gasteiger partial charge on any atom is -0.495 e. The molecule has 0 saturated carbocycles. The summed E-state index contributed by atoms with van der Waals surface area (Å²) in [5, 5.41) is 0. The molecule has 2 aliphatic rings. The zero-order valence-corrected chi connectivity index (χ0v) is 17.5. The van der Waals surface area contributed by atoms with E-state index in [1.54, 1.807) is 12.0 Å². The second kappa shape index (κ2) is 8.32. The van der Waals surface area contributed by atoms with Crippen molar-refractivity contribution in [2.45, 2.75) is 0 Å². The highest BCUT2D eigenvalue weighted by molar-refractivity contribution is 6.05. The molecule has 0 radical (unpaired) electrons. The predicted molar refractivity (Wildman–Crippen MR) is 122 cm³/mol. The van der Waals surface area contributed by atoms with Crippen LogP contribution in [-0.2, 0) is 4.79 Å². The summed E-state index contributed by atoms with van der Waals surface area (Å²) in [4.78, 5) is 19.8. The van der Waals surface area contributed by atoms with Gasteiger partial charge in [-0.25, -0.2) is 0 Å². The molecule has 31 heavy (non-hydrogen) atoms. The predicted octanol–water partition coefficient (Wildman–Crippen LogP) is 4.29. The van der Waals surface area contributed by atoms with E-state index in [0.29, 0.717) is 18.0 Å².